The molecule has 1 saturated heterocycles. The van der Waals surface area contributed by atoms with Crippen molar-refractivity contribution in [1.29, 1.82) is 0 Å². The Labute approximate surface area is 115 Å². The number of carbonyl (C=O) groups is 1. The zero-order valence-corrected chi connectivity index (χ0v) is 11.9. The molecule has 19 heavy (non-hydrogen) atoms. The Morgan fingerprint density at radius 2 is 2.42 bits per heavy atom. The fourth-order valence-corrected chi connectivity index (χ4v) is 2.64. The maximum Gasteiger partial charge on any atom is 0.219 e. The van der Waals surface area contributed by atoms with Crippen molar-refractivity contribution < 1.29 is 4.79 Å². The third kappa shape index (κ3) is 4.03. The number of amides is 1. The van der Waals surface area contributed by atoms with Gasteiger partial charge in [-0.05, 0) is 37.4 Å². The number of likely N-dealkylation sites (tertiary alicyclic amines) is 1. The van der Waals surface area contributed by atoms with Gasteiger partial charge in [-0.3, -0.25) is 9.78 Å². The Hall–Kier alpha value is -1.42. The van der Waals surface area contributed by atoms with Crippen molar-refractivity contribution >= 4 is 5.91 Å². The highest BCUT2D eigenvalue weighted by Gasteiger charge is 2.26. The average molecular weight is 261 g/mol. The minimum absolute atomic E-state index is 0.169. The maximum absolute atomic E-state index is 11.3. The van der Waals surface area contributed by atoms with Gasteiger partial charge in [0, 0.05) is 45.5 Å². The van der Waals surface area contributed by atoms with Gasteiger partial charge in [-0.2, -0.15) is 0 Å². The predicted octanol–water partition coefficient (Wildman–Crippen LogP) is 1.57. The van der Waals surface area contributed by atoms with Crippen molar-refractivity contribution in [3.05, 3.63) is 30.1 Å². The minimum atomic E-state index is 0.169. The number of rotatable bonds is 5. The van der Waals surface area contributed by atoms with E-state index < -0.39 is 0 Å². The summed E-state index contributed by atoms with van der Waals surface area (Å²) in [6, 6.07) is 4.52. The molecule has 1 aromatic rings. The molecule has 0 aliphatic carbocycles. The molecule has 0 unspecified atom stereocenters. The lowest BCUT2D eigenvalue weighted by Crippen LogP contribution is -2.37. The van der Waals surface area contributed by atoms with Gasteiger partial charge in [0.05, 0.1) is 0 Å². The number of hydrogen-bond donors (Lipinski definition) is 0. The highest BCUT2D eigenvalue weighted by molar-refractivity contribution is 5.73. The zero-order chi connectivity index (χ0) is 13.7. The molecule has 0 spiro atoms. The first-order valence-electron chi connectivity index (χ1n) is 7.01. The molecule has 2 rings (SSSR count). The second-order valence-electron chi connectivity index (χ2n) is 5.34. The Bertz CT molecular complexity index is 407. The van der Waals surface area contributed by atoms with E-state index in [1.807, 2.05) is 30.4 Å². The van der Waals surface area contributed by atoms with Gasteiger partial charge in [0.25, 0.3) is 0 Å². The van der Waals surface area contributed by atoms with Gasteiger partial charge in [0.15, 0.2) is 0 Å². The first-order valence-corrected chi connectivity index (χ1v) is 7.01. The van der Waals surface area contributed by atoms with Gasteiger partial charge in [0.2, 0.25) is 5.91 Å². The zero-order valence-electron chi connectivity index (χ0n) is 11.9. The molecule has 1 fully saturated rings. The number of hydrogen-bond acceptors (Lipinski definition) is 3. The summed E-state index contributed by atoms with van der Waals surface area (Å²) in [5, 5.41) is 0. The van der Waals surface area contributed by atoms with E-state index in [1.165, 1.54) is 5.56 Å². The van der Waals surface area contributed by atoms with Crippen LogP contribution in [0.5, 0.6) is 0 Å². The second-order valence-corrected chi connectivity index (χ2v) is 5.34. The van der Waals surface area contributed by atoms with Crippen molar-refractivity contribution in [2.75, 3.05) is 26.7 Å². The summed E-state index contributed by atoms with van der Waals surface area (Å²) in [6.07, 6.45) is 7.09. The van der Waals surface area contributed by atoms with Crippen molar-refractivity contribution in [2.45, 2.75) is 32.2 Å². The van der Waals surface area contributed by atoms with Crippen molar-refractivity contribution in [3.8, 4) is 0 Å². The number of pyridine rings is 1. The van der Waals surface area contributed by atoms with E-state index in [1.54, 1.807) is 6.92 Å². The average Bonchev–Trinajstić information content (AvgIpc) is 2.88. The Balaban J connectivity index is 1.70. The largest absolute Gasteiger partial charge is 0.342 e. The summed E-state index contributed by atoms with van der Waals surface area (Å²) in [4.78, 5) is 19.8. The molecule has 1 aromatic heterocycles. The van der Waals surface area contributed by atoms with E-state index in [9.17, 15) is 4.79 Å². The van der Waals surface area contributed by atoms with E-state index in [2.05, 4.69) is 16.0 Å². The molecule has 0 N–H and O–H groups in total. The highest BCUT2D eigenvalue weighted by Crippen LogP contribution is 2.15. The fourth-order valence-electron chi connectivity index (χ4n) is 2.64. The molecule has 0 radical (unpaired) electrons. The van der Waals surface area contributed by atoms with Crippen LogP contribution in [0.1, 0.15) is 25.3 Å². The second kappa shape index (κ2) is 6.66. The third-order valence-electron chi connectivity index (χ3n) is 3.95. The lowest BCUT2D eigenvalue weighted by atomic mass is 10.1. The summed E-state index contributed by atoms with van der Waals surface area (Å²) in [7, 11) is 1.91. The number of carbonyl (C=O) groups excluding carboxylic acids is 1. The lowest BCUT2D eigenvalue weighted by molar-refractivity contribution is -0.129. The van der Waals surface area contributed by atoms with Gasteiger partial charge in [-0.1, -0.05) is 6.07 Å². The summed E-state index contributed by atoms with van der Waals surface area (Å²) in [6.45, 7) is 4.88. The smallest absolute Gasteiger partial charge is 0.219 e. The molecular weight excluding hydrogens is 238 g/mol. The lowest BCUT2D eigenvalue weighted by Gasteiger charge is -2.23. The third-order valence-corrected chi connectivity index (χ3v) is 3.95. The van der Waals surface area contributed by atoms with Crippen LogP contribution < -0.4 is 0 Å². The molecule has 0 saturated carbocycles. The molecule has 0 bridgehead atoms. The quantitative estimate of drug-likeness (QED) is 0.807. The standard InChI is InChI=1S/C15H23N3O/c1-13(19)17(2)15-7-10-18(12-15)9-4-6-14-5-3-8-16-11-14/h3,5,8,11,15H,4,6-7,9-10,12H2,1-2H3/t15-/m1/s1. The van der Waals surface area contributed by atoms with Crippen LogP contribution in [0.15, 0.2) is 24.5 Å². The summed E-state index contributed by atoms with van der Waals surface area (Å²) >= 11 is 0. The van der Waals surface area contributed by atoms with Crippen molar-refractivity contribution in [2.24, 2.45) is 0 Å². The van der Waals surface area contributed by atoms with Gasteiger partial charge < -0.3 is 9.80 Å². The molecule has 4 nitrogen and oxygen atoms in total. The Kier molecular flexibility index (Phi) is 4.91. The van der Waals surface area contributed by atoms with Crippen LogP contribution in [0.2, 0.25) is 0 Å². The molecule has 0 aromatic carbocycles. The Morgan fingerprint density at radius 1 is 1.58 bits per heavy atom. The molecule has 2 heterocycles. The molecule has 1 atom stereocenters. The summed E-state index contributed by atoms with van der Waals surface area (Å²) in [5.74, 6) is 0.169. The SMILES string of the molecule is CC(=O)N(C)[C@@H]1CCN(CCCc2cccnc2)C1. The number of aromatic nitrogens is 1. The first-order chi connectivity index (χ1) is 9.16. The molecule has 1 amide bonds. The molecule has 1 aliphatic rings. The van der Waals surface area contributed by atoms with E-state index >= 15 is 0 Å². The summed E-state index contributed by atoms with van der Waals surface area (Å²) < 4.78 is 0. The van der Waals surface area contributed by atoms with Gasteiger partial charge in [-0.25, -0.2) is 0 Å². The van der Waals surface area contributed by atoms with Crippen molar-refractivity contribution in [1.82, 2.24) is 14.8 Å². The van der Waals surface area contributed by atoms with E-state index in [-0.39, 0.29) is 5.91 Å². The van der Waals surface area contributed by atoms with Crippen LogP contribution in [0.3, 0.4) is 0 Å². The topological polar surface area (TPSA) is 36.4 Å². The van der Waals surface area contributed by atoms with E-state index in [0.29, 0.717) is 6.04 Å². The maximum atomic E-state index is 11.3. The molecule has 1 aliphatic heterocycles. The molecule has 4 heteroatoms. The van der Waals surface area contributed by atoms with E-state index in [4.69, 9.17) is 0 Å². The van der Waals surface area contributed by atoms with Crippen LogP contribution in [0, 0.1) is 0 Å². The van der Waals surface area contributed by atoms with Crippen LogP contribution in [-0.2, 0) is 11.2 Å². The molecular formula is C15H23N3O. The number of likely N-dealkylation sites (N-methyl/N-ethyl adjacent to an activating group) is 1. The fraction of sp³-hybridized carbons (Fsp3) is 0.600. The number of nitrogens with zero attached hydrogens (tertiary/aromatic N) is 3. The monoisotopic (exact) mass is 261 g/mol. The van der Waals surface area contributed by atoms with Crippen molar-refractivity contribution in [3.63, 3.8) is 0 Å². The molecule has 104 valence electrons. The minimum Gasteiger partial charge on any atom is -0.342 e. The van der Waals surface area contributed by atoms with E-state index in [0.717, 1.165) is 38.9 Å². The Morgan fingerprint density at radius 3 is 3.11 bits per heavy atom. The number of aryl methyl sites for hydroxylation is 1. The van der Waals surface area contributed by atoms with Gasteiger partial charge in [0.1, 0.15) is 0 Å². The van der Waals surface area contributed by atoms with Gasteiger partial charge >= 0.3 is 0 Å². The highest BCUT2D eigenvalue weighted by atomic mass is 16.2. The van der Waals surface area contributed by atoms with Crippen LogP contribution >= 0.6 is 0 Å². The van der Waals surface area contributed by atoms with Gasteiger partial charge in [-0.15, -0.1) is 0 Å². The first kappa shape index (κ1) is 14.0. The van der Waals surface area contributed by atoms with Crippen LogP contribution in [-0.4, -0.2) is 53.4 Å². The van der Waals surface area contributed by atoms with Crippen LogP contribution in [0.4, 0.5) is 0 Å². The predicted molar refractivity (Wildman–Crippen MR) is 75.8 cm³/mol. The van der Waals surface area contributed by atoms with Crippen LogP contribution in [0.25, 0.3) is 0 Å². The summed E-state index contributed by atoms with van der Waals surface area (Å²) in [5.41, 5.74) is 1.30. The normalized spacial score (nSPS) is 19.6.